The van der Waals surface area contributed by atoms with Gasteiger partial charge in [-0.3, -0.25) is 4.79 Å². The van der Waals surface area contributed by atoms with Crippen molar-refractivity contribution in [2.45, 2.75) is 23.8 Å². The van der Waals surface area contributed by atoms with Crippen molar-refractivity contribution in [3.05, 3.63) is 53.4 Å². The standard InChI is InChI=1S/C16H18ClNO3S/c17-12-5-7-13(8-6-12)22-10-2-4-16(20)18-11-14(19)15-3-1-9-21-15/h1,3,5-9,14,19H,2,4,10-11H2,(H,18,20). The minimum absolute atomic E-state index is 0.0673. The Morgan fingerprint density at radius 1 is 1.32 bits per heavy atom. The lowest BCUT2D eigenvalue weighted by atomic mass is 10.2. The van der Waals surface area contributed by atoms with Crippen LogP contribution in [0, 0.1) is 0 Å². The summed E-state index contributed by atoms with van der Waals surface area (Å²) in [6.45, 7) is 0.163. The summed E-state index contributed by atoms with van der Waals surface area (Å²) in [5, 5.41) is 13.2. The third kappa shape index (κ3) is 5.75. The van der Waals surface area contributed by atoms with E-state index >= 15 is 0 Å². The van der Waals surface area contributed by atoms with E-state index in [1.54, 1.807) is 23.9 Å². The van der Waals surface area contributed by atoms with Crippen molar-refractivity contribution in [3.8, 4) is 0 Å². The van der Waals surface area contributed by atoms with Crippen LogP contribution < -0.4 is 5.32 Å². The zero-order chi connectivity index (χ0) is 15.8. The van der Waals surface area contributed by atoms with Gasteiger partial charge in [0, 0.05) is 16.3 Å². The number of nitrogens with one attached hydrogen (secondary N) is 1. The molecule has 6 heteroatoms. The molecule has 1 amide bonds. The van der Waals surface area contributed by atoms with E-state index in [4.69, 9.17) is 16.0 Å². The summed E-state index contributed by atoms with van der Waals surface area (Å²) in [4.78, 5) is 12.8. The van der Waals surface area contributed by atoms with Crippen molar-refractivity contribution in [3.63, 3.8) is 0 Å². The maximum absolute atomic E-state index is 11.7. The Kier molecular flexibility index (Phi) is 6.83. The lowest BCUT2D eigenvalue weighted by molar-refractivity contribution is -0.121. The minimum Gasteiger partial charge on any atom is -0.467 e. The molecule has 2 aromatic rings. The molecule has 118 valence electrons. The van der Waals surface area contributed by atoms with Crippen molar-refractivity contribution in [1.29, 1.82) is 0 Å². The van der Waals surface area contributed by atoms with Gasteiger partial charge in [0.15, 0.2) is 0 Å². The maximum Gasteiger partial charge on any atom is 0.220 e. The number of hydrogen-bond donors (Lipinski definition) is 2. The summed E-state index contributed by atoms with van der Waals surface area (Å²) in [5.41, 5.74) is 0. The summed E-state index contributed by atoms with van der Waals surface area (Å²) in [6, 6.07) is 11.0. The summed E-state index contributed by atoms with van der Waals surface area (Å²) in [6.07, 6.45) is 1.90. The molecule has 1 aromatic carbocycles. The van der Waals surface area contributed by atoms with Crippen LogP contribution in [0.5, 0.6) is 0 Å². The van der Waals surface area contributed by atoms with Crippen LogP contribution in [-0.4, -0.2) is 23.3 Å². The third-order valence-corrected chi connectivity index (χ3v) is 4.35. The second-order valence-electron chi connectivity index (χ2n) is 4.74. The molecule has 2 N–H and O–H groups in total. The number of carbonyl (C=O) groups excluding carboxylic acids is 1. The molecule has 4 nitrogen and oxygen atoms in total. The van der Waals surface area contributed by atoms with E-state index in [0.29, 0.717) is 12.2 Å². The van der Waals surface area contributed by atoms with Gasteiger partial charge < -0.3 is 14.8 Å². The highest BCUT2D eigenvalue weighted by atomic mass is 35.5. The number of rotatable bonds is 8. The van der Waals surface area contributed by atoms with E-state index in [1.807, 2.05) is 24.3 Å². The topological polar surface area (TPSA) is 62.5 Å². The van der Waals surface area contributed by atoms with Crippen molar-refractivity contribution in [2.75, 3.05) is 12.3 Å². The van der Waals surface area contributed by atoms with Gasteiger partial charge in [-0.05, 0) is 48.6 Å². The van der Waals surface area contributed by atoms with Crippen molar-refractivity contribution in [1.82, 2.24) is 5.32 Å². The van der Waals surface area contributed by atoms with Crippen molar-refractivity contribution >= 4 is 29.3 Å². The summed E-state index contributed by atoms with van der Waals surface area (Å²) in [7, 11) is 0. The average molecular weight is 340 g/mol. The van der Waals surface area contributed by atoms with Gasteiger partial charge in [-0.2, -0.15) is 0 Å². The number of amides is 1. The number of benzene rings is 1. The number of aliphatic hydroxyl groups is 1. The highest BCUT2D eigenvalue weighted by Crippen LogP contribution is 2.21. The normalized spacial score (nSPS) is 12.1. The van der Waals surface area contributed by atoms with E-state index in [2.05, 4.69) is 5.32 Å². The largest absolute Gasteiger partial charge is 0.467 e. The fraction of sp³-hybridized carbons (Fsp3) is 0.312. The number of hydrogen-bond acceptors (Lipinski definition) is 4. The first kappa shape index (κ1) is 16.9. The fourth-order valence-corrected chi connectivity index (χ4v) is 2.81. The van der Waals surface area contributed by atoms with Crippen LogP contribution in [0.15, 0.2) is 52.0 Å². The highest BCUT2D eigenvalue weighted by molar-refractivity contribution is 7.99. The van der Waals surface area contributed by atoms with Crippen molar-refractivity contribution in [2.24, 2.45) is 0 Å². The Balaban J connectivity index is 1.58. The summed E-state index contributed by atoms with van der Waals surface area (Å²) >= 11 is 7.51. The van der Waals surface area contributed by atoms with E-state index < -0.39 is 6.10 Å². The van der Waals surface area contributed by atoms with Gasteiger partial charge in [0.25, 0.3) is 0 Å². The first-order chi connectivity index (χ1) is 10.6. The second kappa shape index (κ2) is 8.88. The SMILES string of the molecule is O=C(CCCSc1ccc(Cl)cc1)NCC(O)c1ccco1. The molecule has 0 bridgehead atoms. The molecule has 1 unspecified atom stereocenters. The predicted octanol–water partition coefficient (Wildman–Crippen LogP) is 3.66. The van der Waals surface area contributed by atoms with Crippen molar-refractivity contribution < 1.29 is 14.3 Å². The predicted molar refractivity (Wildman–Crippen MR) is 88.1 cm³/mol. The molecular weight excluding hydrogens is 322 g/mol. The highest BCUT2D eigenvalue weighted by Gasteiger charge is 2.11. The van der Waals surface area contributed by atoms with Gasteiger partial charge in [-0.1, -0.05) is 11.6 Å². The fourth-order valence-electron chi connectivity index (χ4n) is 1.83. The lowest BCUT2D eigenvalue weighted by Crippen LogP contribution is -2.28. The Labute approximate surface area is 138 Å². The maximum atomic E-state index is 11.7. The van der Waals surface area contributed by atoms with Gasteiger partial charge in [-0.15, -0.1) is 11.8 Å². The Bertz CT molecular complexity index is 572. The molecule has 0 fully saturated rings. The molecule has 0 radical (unpaired) electrons. The molecule has 0 saturated carbocycles. The van der Waals surface area contributed by atoms with Crippen LogP contribution in [0.2, 0.25) is 5.02 Å². The smallest absolute Gasteiger partial charge is 0.220 e. The van der Waals surface area contributed by atoms with Gasteiger partial charge in [0.2, 0.25) is 5.91 Å². The van der Waals surface area contributed by atoms with Crippen LogP contribution in [0.1, 0.15) is 24.7 Å². The first-order valence-corrected chi connectivity index (χ1v) is 8.38. The zero-order valence-corrected chi connectivity index (χ0v) is 13.6. The average Bonchev–Trinajstić information content (AvgIpc) is 3.05. The molecule has 0 aliphatic rings. The quantitative estimate of drug-likeness (QED) is 0.569. The molecule has 22 heavy (non-hydrogen) atoms. The van der Waals surface area contributed by atoms with Gasteiger partial charge in [-0.25, -0.2) is 0 Å². The van der Waals surface area contributed by atoms with E-state index in [1.165, 1.54) is 6.26 Å². The Morgan fingerprint density at radius 2 is 2.09 bits per heavy atom. The minimum atomic E-state index is -0.803. The van der Waals surface area contributed by atoms with Crippen LogP contribution in [-0.2, 0) is 4.79 Å². The Hall–Kier alpha value is -1.43. The monoisotopic (exact) mass is 339 g/mol. The van der Waals surface area contributed by atoms with Crippen LogP contribution in [0.4, 0.5) is 0 Å². The molecule has 0 spiro atoms. The van der Waals surface area contributed by atoms with Crippen LogP contribution >= 0.6 is 23.4 Å². The van der Waals surface area contributed by atoms with Gasteiger partial charge >= 0.3 is 0 Å². The summed E-state index contributed by atoms with van der Waals surface area (Å²) in [5.74, 6) is 1.25. The second-order valence-corrected chi connectivity index (χ2v) is 6.35. The molecule has 2 rings (SSSR count). The van der Waals surface area contributed by atoms with E-state index in [9.17, 15) is 9.90 Å². The number of halogens is 1. The van der Waals surface area contributed by atoms with Gasteiger partial charge in [0.1, 0.15) is 11.9 Å². The first-order valence-electron chi connectivity index (χ1n) is 7.01. The Morgan fingerprint density at radius 3 is 2.77 bits per heavy atom. The molecule has 0 aliphatic heterocycles. The number of aliphatic hydroxyl groups excluding tert-OH is 1. The number of carbonyl (C=O) groups is 1. The van der Waals surface area contributed by atoms with E-state index in [-0.39, 0.29) is 12.5 Å². The lowest BCUT2D eigenvalue weighted by Gasteiger charge is -2.09. The summed E-state index contributed by atoms with van der Waals surface area (Å²) < 4.78 is 5.07. The molecule has 1 aromatic heterocycles. The van der Waals surface area contributed by atoms with Crippen LogP contribution in [0.25, 0.3) is 0 Å². The number of thioether (sulfide) groups is 1. The third-order valence-electron chi connectivity index (χ3n) is 2.99. The van der Waals surface area contributed by atoms with Gasteiger partial charge in [0.05, 0.1) is 12.8 Å². The number of furan rings is 1. The molecule has 0 saturated heterocycles. The zero-order valence-electron chi connectivity index (χ0n) is 12.0. The van der Waals surface area contributed by atoms with Crippen LogP contribution in [0.3, 0.4) is 0 Å². The molecule has 1 heterocycles. The molecule has 0 aliphatic carbocycles. The van der Waals surface area contributed by atoms with E-state index in [0.717, 1.165) is 22.1 Å². The molecular formula is C16H18ClNO3S. The molecule has 1 atom stereocenters.